The summed E-state index contributed by atoms with van der Waals surface area (Å²) in [7, 11) is 0. The second kappa shape index (κ2) is 10.1. The average molecular weight is 473 g/mol. The first-order valence-electron chi connectivity index (χ1n) is 10.7. The number of nitrogens with one attached hydrogen (secondary N) is 2. The molecular weight excluding hydrogens is 447 g/mol. The van der Waals surface area contributed by atoms with Crippen molar-refractivity contribution in [1.82, 2.24) is 4.98 Å². The Morgan fingerprint density at radius 2 is 1.71 bits per heavy atom. The number of pyridine rings is 1. The van der Waals surface area contributed by atoms with Crippen LogP contribution in [0.25, 0.3) is 10.9 Å². The van der Waals surface area contributed by atoms with E-state index in [1.807, 2.05) is 19.9 Å². The summed E-state index contributed by atoms with van der Waals surface area (Å²) in [5, 5.41) is 6.87. The van der Waals surface area contributed by atoms with Gasteiger partial charge in [0.25, 0.3) is 0 Å². The molecule has 180 valence electrons. The van der Waals surface area contributed by atoms with Gasteiger partial charge in [-0.3, -0.25) is 9.59 Å². The van der Waals surface area contributed by atoms with Crippen LogP contribution in [0.15, 0.2) is 54.6 Å². The van der Waals surface area contributed by atoms with Crippen molar-refractivity contribution in [1.29, 1.82) is 0 Å². The lowest BCUT2D eigenvalue weighted by atomic mass is 10.1. The Morgan fingerprint density at radius 3 is 2.35 bits per heavy atom. The number of carbonyl (C=O) groups excluding carboxylic acids is 2. The minimum absolute atomic E-state index is 0.141. The number of esters is 1. The number of halogens is 3. The Bertz CT molecular complexity index is 1180. The van der Waals surface area contributed by atoms with Crippen LogP contribution in [0.3, 0.4) is 0 Å². The van der Waals surface area contributed by atoms with Gasteiger partial charge in [-0.2, -0.15) is 13.2 Å². The zero-order valence-corrected chi connectivity index (χ0v) is 19.1. The lowest BCUT2D eigenvalue weighted by Gasteiger charge is -2.26. The Labute approximate surface area is 195 Å². The fourth-order valence-electron chi connectivity index (χ4n) is 3.28. The molecule has 3 rings (SSSR count). The summed E-state index contributed by atoms with van der Waals surface area (Å²) in [4.78, 5) is 27.9. The predicted octanol–water partition coefficient (Wildman–Crippen LogP) is 5.58. The third-order valence-electron chi connectivity index (χ3n) is 5.00. The highest BCUT2D eigenvalue weighted by atomic mass is 19.4. The van der Waals surface area contributed by atoms with Crippen LogP contribution < -0.4 is 10.6 Å². The Kier molecular flexibility index (Phi) is 7.44. The fourth-order valence-corrected chi connectivity index (χ4v) is 3.28. The topological polar surface area (TPSA) is 80.3 Å². The van der Waals surface area contributed by atoms with E-state index in [9.17, 15) is 22.8 Å². The molecule has 0 radical (unpaired) electrons. The first-order valence-corrected chi connectivity index (χ1v) is 10.7. The molecule has 6 nitrogen and oxygen atoms in total. The Morgan fingerprint density at radius 1 is 1.00 bits per heavy atom. The highest BCUT2D eigenvalue weighted by molar-refractivity contribution is 5.94. The second-order valence-electron chi connectivity index (χ2n) is 8.64. The van der Waals surface area contributed by atoms with Crippen LogP contribution in [0.2, 0.25) is 0 Å². The summed E-state index contributed by atoms with van der Waals surface area (Å²) in [6.45, 7) is 5.34. The maximum atomic E-state index is 12.7. The molecule has 0 atom stereocenters. The molecule has 1 aromatic heterocycles. The second-order valence-corrected chi connectivity index (χ2v) is 8.64. The molecule has 9 heteroatoms. The van der Waals surface area contributed by atoms with Crippen molar-refractivity contribution in [2.24, 2.45) is 0 Å². The van der Waals surface area contributed by atoms with Crippen LogP contribution in [0, 0.1) is 0 Å². The molecule has 0 saturated carbocycles. The largest absolute Gasteiger partial charge is 0.463 e. The molecule has 0 aliphatic heterocycles. The minimum Gasteiger partial charge on any atom is -0.463 e. The van der Waals surface area contributed by atoms with Crippen molar-refractivity contribution in [2.45, 2.75) is 45.3 Å². The molecule has 2 N–H and O–H groups in total. The third kappa shape index (κ3) is 7.19. The maximum absolute atomic E-state index is 12.7. The first-order chi connectivity index (χ1) is 15.9. The van der Waals surface area contributed by atoms with E-state index >= 15 is 0 Å². The summed E-state index contributed by atoms with van der Waals surface area (Å²) >= 11 is 0. The number of hydrogen-bond donors (Lipinski definition) is 2. The Hall–Kier alpha value is -3.62. The van der Waals surface area contributed by atoms with E-state index in [4.69, 9.17) is 4.74 Å². The highest BCUT2D eigenvalue weighted by Gasteiger charge is 2.29. The molecule has 34 heavy (non-hydrogen) atoms. The zero-order chi connectivity index (χ0) is 24.9. The van der Waals surface area contributed by atoms with E-state index < -0.39 is 17.3 Å². The van der Waals surface area contributed by atoms with Gasteiger partial charge in [-0.1, -0.05) is 12.1 Å². The number of amides is 1. The Balaban J connectivity index is 1.58. The highest BCUT2D eigenvalue weighted by Crippen LogP contribution is 2.29. The number of alkyl halides is 3. The van der Waals surface area contributed by atoms with Gasteiger partial charge in [0.15, 0.2) is 0 Å². The van der Waals surface area contributed by atoms with Crippen LogP contribution in [0.5, 0.6) is 0 Å². The number of ether oxygens (including phenoxy) is 1. The van der Waals surface area contributed by atoms with E-state index in [-0.39, 0.29) is 24.9 Å². The van der Waals surface area contributed by atoms with Gasteiger partial charge in [0.1, 0.15) is 12.4 Å². The van der Waals surface area contributed by atoms with Crippen molar-refractivity contribution in [3.8, 4) is 0 Å². The predicted molar refractivity (Wildman–Crippen MR) is 124 cm³/mol. The zero-order valence-electron chi connectivity index (χ0n) is 19.1. The standard InChI is InChI=1S/C25H26F3N3O3/c1-16(32)34-15-24(2,3)31-22-12-7-18-14-20(10-11-21(18)30-22)29-23(33)13-6-17-4-8-19(9-5-17)25(26,27)28/h4-5,7-12,14H,6,13,15H2,1-3H3,(H,29,33)(H,30,31). The van der Waals surface area contributed by atoms with E-state index in [1.54, 1.807) is 24.3 Å². The number of aryl methyl sites for hydroxylation is 1. The van der Waals surface area contributed by atoms with Crippen LogP contribution in [0.1, 0.15) is 38.3 Å². The number of carbonyl (C=O) groups is 2. The summed E-state index contributed by atoms with van der Waals surface area (Å²) < 4.78 is 43.0. The third-order valence-corrected chi connectivity index (χ3v) is 5.00. The lowest BCUT2D eigenvalue weighted by Crippen LogP contribution is -2.37. The fraction of sp³-hybridized carbons (Fsp3) is 0.320. The maximum Gasteiger partial charge on any atom is 0.416 e. The van der Waals surface area contributed by atoms with Gasteiger partial charge in [0.05, 0.1) is 16.6 Å². The van der Waals surface area contributed by atoms with Gasteiger partial charge in [0, 0.05) is 24.4 Å². The van der Waals surface area contributed by atoms with Crippen LogP contribution in [-0.2, 0) is 26.9 Å². The quantitative estimate of drug-likeness (QED) is 0.418. The normalized spacial score (nSPS) is 11.8. The van der Waals surface area contributed by atoms with Gasteiger partial charge >= 0.3 is 12.1 Å². The van der Waals surface area contributed by atoms with Gasteiger partial charge in [0.2, 0.25) is 5.91 Å². The van der Waals surface area contributed by atoms with Crippen molar-refractivity contribution in [3.63, 3.8) is 0 Å². The molecule has 0 aliphatic carbocycles. The average Bonchev–Trinajstić information content (AvgIpc) is 2.76. The lowest BCUT2D eigenvalue weighted by molar-refractivity contribution is -0.142. The number of fused-ring (bicyclic) bond motifs is 1. The summed E-state index contributed by atoms with van der Waals surface area (Å²) in [6.07, 6.45) is -3.91. The number of benzene rings is 2. The van der Waals surface area contributed by atoms with Gasteiger partial charge < -0.3 is 15.4 Å². The number of aromatic nitrogens is 1. The molecule has 1 heterocycles. The summed E-state index contributed by atoms with van der Waals surface area (Å²) in [6, 6.07) is 13.8. The number of hydrogen-bond acceptors (Lipinski definition) is 5. The van der Waals surface area contributed by atoms with Gasteiger partial charge in [-0.15, -0.1) is 0 Å². The van der Waals surface area contributed by atoms with E-state index in [1.165, 1.54) is 19.1 Å². The molecule has 0 saturated heterocycles. The summed E-state index contributed by atoms with van der Waals surface area (Å²) in [5.74, 6) is 0.0333. The molecule has 0 bridgehead atoms. The van der Waals surface area contributed by atoms with Crippen molar-refractivity contribution < 1.29 is 27.5 Å². The molecular formula is C25H26F3N3O3. The molecule has 1 amide bonds. The van der Waals surface area contributed by atoms with Crippen LogP contribution in [0.4, 0.5) is 24.7 Å². The number of rotatable bonds is 8. The van der Waals surface area contributed by atoms with Crippen LogP contribution >= 0.6 is 0 Å². The summed E-state index contributed by atoms with van der Waals surface area (Å²) in [5.41, 5.74) is 0.755. The van der Waals surface area contributed by atoms with E-state index in [0.717, 1.165) is 23.0 Å². The van der Waals surface area contributed by atoms with Crippen molar-refractivity contribution in [3.05, 3.63) is 65.7 Å². The molecule has 2 aromatic carbocycles. The van der Waals surface area contributed by atoms with Crippen molar-refractivity contribution in [2.75, 3.05) is 17.2 Å². The molecule has 0 aliphatic rings. The molecule has 3 aromatic rings. The monoisotopic (exact) mass is 473 g/mol. The smallest absolute Gasteiger partial charge is 0.416 e. The van der Waals surface area contributed by atoms with Gasteiger partial charge in [-0.25, -0.2) is 4.98 Å². The SMILES string of the molecule is CC(=O)OCC(C)(C)Nc1ccc2cc(NC(=O)CCc3ccc(C(F)(F)F)cc3)ccc2n1. The number of nitrogens with zero attached hydrogens (tertiary/aromatic N) is 1. The molecule has 0 unspecified atom stereocenters. The number of anilines is 2. The first kappa shape index (κ1) is 25.0. The van der Waals surface area contributed by atoms with Crippen molar-refractivity contribution >= 4 is 34.3 Å². The minimum atomic E-state index is -4.38. The van der Waals surface area contributed by atoms with E-state index in [0.29, 0.717) is 23.5 Å². The van der Waals surface area contributed by atoms with Crippen LogP contribution in [-0.4, -0.2) is 29.0 Å². The van der Waals surface area contributed by atoms with Gasteiger partial charge in [-0.05, 0) is 68.3 Å². The molecule has 0 spiro atoms. The molecule has 0 fully saturated rings. The van der Waals surface area contributed by atoms with E-state index in [2.05, 4.69) is 15.6 Å².